The number of fused-ring (bicyclic) bond motifs is 1. The summed E-state index contributed by atoms with van der Waals surface area (Å²) in [5.74, 6) is 0.481. The van der Waals surface area contributed by atoms with Gasteiger partial charge in [-0.2, -0.15) is 0 Å². The second kappa shape index (κ2) is 8.96. The Kier molecular flexibility index (Phi) is 6.75. The van der Waals surface area contributed by atoms with Crippen LogP contribution in [0.25, 0.3) is 11.0 Å². The van der Waals surface area contributed by atoms with Crippen molar-refractivity contribution in [3.05, 3.63) is 52.5 Å². The molecule has 0 saturated carbocycles. The number of anilines is 1. The molecule has 1 N–H and O–H groups in total. The number of rotatable bonds is 7. The minimum Gasteiger partial charge on any atom is -0.471 e. The van der Waals surface area contributed by atoms with E-state index in [0.717, 1.165) is 0 Å². The number of nitrogens with one attached hydrogen (secondary N) is 1. The lowest BCUT2D eigenvalue weighted by atomic mass is 9.96. The molecule has 0 bridgehead atoms. The Labute approximate surface area is 186 Å². The van der Waals surface area contributed by atoms with Crippen molar-refractivity contribution < 1.29 is 13.2 Å². The van der Waals surface area contributed by atoms with Crippen LogP contribution in [0.4, 0.5) is 5.82 Å². The highest BCUT2D eigenvalue weighted by Gasteiger charge is 2.26. The second-order valence-corrected chi connectivity index (χ2v) is 10.0. The molecule has 30 heavy (non-hydrogen) atoms. The summed E-state index contributed by atoms with van der Waals surface area (Å²) in [5, 5.41) is 0.0745. The molecule has 6 nitrogen and oxygen atoms in total. The normalized spacial score (nSPS) is 12.2. The molecule has 3 rings (SSSR count). The van der Waals surface area contributed by atoms with Crippen LogP contribution in [0, 0.1) is 11.8 Å². The van der Waals surface area contributed by atoms with E-state index in [0.29, 0.717) is 11.0 Å². The summed E-state index contributed by atoms with van der Waals surface area (Å²) in [6.45, 7) is 8.15. The number of aromatic nitrogens is 2. The zero-order valence-corrected chi connectivity index (χ0v) is 19.4. The fourth-order valence-electron chi connectivity index (χ4n) is 3.18. The van der Waals surface area contributed by atoms with E-state index in [9.17, 15) is 8.42 Å². The number of sulfonamides is 1. The van der Waals surface area contributed by atoms with Gasteiger partial charge in [0.15, 0.2) is 0 Å². The van der Waals surface area contributed by atoms with Gasteiger partial charge in [-0.05, 0) is 36.1 Å². The van der Waals surface area contributed by atoms with Crippen molar-refractivity contribution in [2.24, 2.45) is 11.8 Å². The quantitative estimate of drug-likeness (QED) is 0.474. The molecule has 1 heterocycles. The third-order valence-electron chi connectivity index (χ3n) is 4.54. The number of benzene rings is 2. The molecule has 0 amide bonds. The van der Waals surface area contributed by atoms with Crippen molar-refractivity contribution in [2.75, 3.05) is 4.72 Å². The van der Waals surface area contributed by atoms with Crippen LogP contribution in [0.5, 0.6) is 5.88 Å². The average molecular weight is 468 g/mol. The van der Waals surface area contributed by atoms with E-state index >= 15 is 0 Å². The van der Waals surface area contributed by atoms with Gasteiger partial charge in [0.25, 0.3) is 15.9 Å². The lowest BCUT2D eigenvalue weighted by Crippen LogP contribution is -2.30. The van der Waals surface area contributed by atoms with Crippen LogP contribution in [0.2, 0.25) is 10.0 Å². The first-order valence-corrected chi connectivity index (χ1v) is 11.7. The second-order valence-electron chi connectivity index (χ2n) is 7.59. The van der Waals surface area contributed by atoms with E-state index in [2.05, 4.69) is 14.7 Å². The SMILES string of the molecule is CC(C)C(Oc1nc2ccccc2nc1NS(=O)(=O)c1cccc(Cl)c1Cl)C(C)C. The molecule has 0 spiro atoms. The zero-order chi connectivity index (χ0) is 22.1. The smallest absolute Gasteiger partial charge is 0.264 e. The van der Waals surface area contributed by atoms with Crippen LogP contribution in [-0.2, 0) is 10.0 Å². The summed E-state index contributed by atoms with van der Waals surface area (Å²) in [5.41, 5.74) is 1.13. The summed E-state index contributed by atoms with van der Waals surface area (Å²) < 4.78 is 34.7. The molecule has 9 heteroatoms. The third-order valence-corrected chi connectivity index (χ3v) is 6.85. The highest BCUT2D eigenvalue weighted by atomic mass is 35.5. The number of hydrogen-bond donors (Lipinski definition) is 1. The van der Waals surface area contributed by atoms with Crippen molar-refractivity contribution in [1.82, 2.24) is 9.97 Å². The van der Waals surface area contributed by atoms with Gasteiger partial charge in [-0.25, -0.2) is 18.4 Å². The van der Waals surface area contributed by atoms with Crippen LogP contribution in [0.15, 0.2) is 47.4 Å². The molecule has 0 fully saturated rings. The van der Waals surface area contributed by atoms with Gasteiger partial charge in [0.05, 0.1) is 21.1 Å². The topological polar surface area (TPSA) is 81.2 Å². The standard InChI is InChI=1S/C21H23Cl2N3O3S/c1-12(2)19(13(3)4)29-21-20(24-15-9-5-6-10-16(15)25-21)26-30(27,28)17-11-7-8-14(22)18(17)23/h5-13,19H,1-4H3,(H,24,26). The first-order valence-electron chi connectivity index (χ1n) is 9.50. The Morgan fingerprint density at radius 2 is 1.50 bits per heavy atom. The molecule has 1 aromatic heterocycles. The largest absolute Gasteiger partial charge is 0.471 e. The maximum Gasteiger partial charge on any atom is 0.264 e. The Hall–Kier alpha value is -2.09. The highest BCUT2D eigenvalue weighted by molar-refractivity contribution is 7.92. The lowest BCUT2D eigenvalue weighted by Gasteiger charge is -2.26. The fourth-order valence-corrected chi connectivity index (χ4v) is 4.94. The Balaban J connectivity index is 2.10. The van der Waals surface area contributed by atoms with Crippen LogP contribution >= 0.6 is 23.2 Å². The summed E-state index contributed by atoms with van der Waals surface area (Å²) in [6.07, 6.45) is -0.182. The van der Waals surface area contributed by atoms with E-state index in [1.54, 1.807) is 18.2 Å². The van der Waals surface area contributed by atoms with Gasteiger partial charge in [-0.1, -0.05) is 69.1 Å². The number of para-hydroxylation sites is 2. The Morgan fingerprint density at radius 1 is 0.900 bits per heavy atom. The average Bonchev–Trinajstić information content (AvgIpc) is 2.67. The van der Waals surface area contributed by atoms with E-state index in [1.165, 1.54) is 18.2 Å². The van der Waals surface area contributed by atoms with Crippen molar-refractivity contribution in [2.45, 2.75) is 38.7 Å². The summed E-state index contributed by atoms with van der Waals surface area (Å²) in [4.78, 5) is 8.83. The van der Waals surface area contributed by atoms with Crippen LogP contribution in [0.1, 0.15) is 27.7 Å². The van der Waals surface area contributed by atoms with Crippen LogP contribution in [0.3, 0.4) is 0 Å². The first kappa shape index (κ1) is 22.6. The van der Waals surface area contributed by atoms with Gasteiger partial charge in [-0.15, -0.1) is 0 Å². The summed E-state index contributed by atoms with van der Waals surface area (Å²) >= 11 is 12.1. The molecule has 0 saturated heterocycles. The van der Waals surface area contributed by atoms with Crippen molar-refractivity contribution in [3.63, 3.8) is 0 Å². The number of hydrogen-bond acceptors (Lipinski definition) is 5. The molecule has 0 unspecified atom stereocenters. The van der Waals surface area contributed by atoms with Crippen molar-refractivity contribution in [3.8, 4) is 5.88 Å². The van der Waals surface area contributed by atoms with Crippen LogP contribution < -0.4 is 9.46 Å². The molecule has 0 aliphatic carbocycles. The maximum atomic E-state index is 13.0. The van der Waals surface area contributed by atoms with Crippen molar-refractivity contribution in [1.29, 1.82) is 0 Å². The highest BCUT2D eigenvalue weighted by Crippen LogP contribution is 2.33. The minimum absolute atomic E-state index is 0.00366. The number of ether oxygens (including phenoxy) is 1. The third kappa shape index (κ3) is 4.79. The predicted molar refractivity (Wildman–Crippen MR) is 121 cm³/mol. The summed E-state index contributed by atoms with van der Waals surface area (Å²) in [6, 6.07) is 11.6. The fraction of sp³-hybridized carbons (Fsp3) is 0.333. The van der Waals surface area contributed by atoms with E-state index in [4.69, 9.17) is 27.9 Å². The van der Waals surface area contributed by atoms with Crippen LogP contribution in [-0.4, -0.2) is 24.5 Å². The van der Waals surface area contributed by atoms with Gasteiger partial charge in [0, 0.05) is 0 Å². The van der Waals surface area contributed by atoms with Gasteiger partial charge < -0.3 is 4.74 Å². The summed E-state index contributed by atoms with van der Waals surface area (Å²) in [7, 11) is -4.08. The van der Waals surface area contributed by atoms with E-state index in [-0.39, 0.29) is 44.6 Å². The zero-order valence-electron chi connectivity index (χ0n) is 17.1. The van der Waals surface area contributed by atoms with Gasteiger partial charge in [0.2, 0.25) is 5.82 Å². The van der Waals surface area contributed by atoms with Gasteiger partial charge in [-0.3, -0.25) is 4.72 Å². The maximum absolute atomic E-state index is 13.0. The van der Waals surface area contributed by atoms with Gasteiger partial charge in [0.1, 0.15) is 11.0 Å². The lowest BCUT2D eigenvalue weighted by molar-refractivity contribution is 0.101. The Morgan fingerprint density at radius 3 is 2.10 bits per heavy atom. The molecule has 160 valence electrons. The first-order chi connectivity index (χ1) is 14.1. The Bertz CT molecular complexity index is 1160. The number of halogens is 2. The van der Waals surface area contributed by atoms with E-state index in [1.807, 2.05) is 33.8 Å². The van der Waals surface area contributed by atoms with Crippen molar-refractivity contribution >= 4 is 50.1 Å². The molecular formula is C21H23Cl2N3O3S. The predicted octanol–water partition coefficient (Wildman–Crippen LogP) is 5.80. The molecule has 3 aromatic rings. The molecule has 0 aliphatic rings. The molecule has 0 radical (unpaired) electrons. The monoisotopic (exact) mass is 467 g/mol. The molecule has 0 aliphatic heterocycles. The minimum atomic E-state index is -4.08. The van der Waals surface area contributed by atoms with E-state index < -0.39 is 10.0 Å². The molecule has 0 atom stereocenters. The number of nitrogens with zero attached hydrogens (tertiary/aromatic N) is 2. The molecular weight excluding hydrogens is 445 g/mol. The van der Waals surface area contributed by atoms with Gasteiger partial charge >= 0.3 is 0 Å². The molecule has 2 aromatic carbocycles.